The Morgan fingerprint density at radius 3 is 1.76 bits per heavy atom. The number of nitrogens with zero attached hydrogens (tertiary/aromatic N) is 1. The molecule has 0 amide bonds. The Morgan fingerprint density at radius 1 is 0.553 bits per heavy atom. The van der Waals surface area contributed by atoms with Crippen LogP contribution in [0, 0.1) is 0 Å². The number of H-pyrrole nitrogens is 1. The molecule has 1 unspecified atom stereocenters. The van der Waals surface area contributed by atoms with Crippen LogP contribution in [0.3, 0.4) is 0 Å². The quantitative estimate of drug-likeness (QED) is 0.257. The van der Waals surface area contributed by atoms with E-state index in [-0.39, 0.29) is 6.04 Å². The van der Waals surface area contributed by atoms with Crippen molar-refractivity contribution in [3.8, 4) is 22.3 Å². The summed E-state index contributed by atoms with van der Waals surface area (Å²) in [7, 11) is 0. The summed E-state index contributed by atoms with van der Waals surface area (Å²) in [5.41, 5.74) is 11.4. The van der Waals surface area contributed by atoms with E-state index in [4.69, 9.17) is 0 Å². The highest BCUT2D eigenvalue weighted by molar-refractivity contribution is 6.11. The number of hydrogen-bond acceptors (Lipinski definition) is 0. The van der Waals surface area contributed by atoms with Crippen molar-refractivity contribution in [1.29, 1.82) is 0 Å². The minimum absolute atomic E-state index is 0.242. The van der Waals surface area contributed by atoms with Gasteiger partial charge in [0.25, 0.3) is 0 Å². The Balaban J connectivity index is 1.35. The van der Waals surface area contributed by atoms with Gasteiger partial charge in [-0.3, -0.25) is 0 Å². The minimum Gasteiger partial charge on any atom is -0.355 e. The maximum atomic E-state index is 3.61. The molecule has 7 aromatic rings. The van der Waals surface area contributed by atoms with Crippen molar-refractivity contribution < 1.29 is 0 Å². The zero-order valence-electron chi connectivity index (χ0n) is 20.9. The van der Waals surface area contributed by atoms with Gasteiger partial charge in [-0.05, 0) is 70.6 Å². The zero-order chi connectivity index (χ0) is 25.1. The van der Waals surface area contributed by atoms with Gasteiger partial charge in [-0.25, -0.2) is 0 Å². The molecule has 1 N–H and O–H groups in total. The summed E-state index contributed by atoms with van der Waals surface area (Å²) in [6, 6.07) is 44.2. The predicted octanol–water partition coefficient (Wildman–Crippen LogP) is 9.42. The topological polar surface area (TPSA) is 20.7 Å². The van der Waals surface area contributed by atoms with Gasteiger partial charge in [-0.1, -0.05) is 97.1 Å². The average molecular weight is 487 g/mol. The van der Waals surface area contributed by atoms with Crippen molar-refractivity contribution in [2.24, 2.45) is 0 Å². The fraction of sp³-hybridized carbons (Fsp3) is 0.0556. The normalized spacial score (nSPS) is 14.9. The molecule has 180 valence electrons. The molecule has 2 aromatic heterocycles. The third-order valence-electron chi connectivity index (χ3n) is 8.09. The molecule has 0 fully saturated rings. The van der Waals surface area contributed by atoms with Crippen molar-refractivity contribution in [1.82, 2.24) is 9.55 Å². The van der Waals surface area contributed by atoms with Crippen molar-refractivity contribution in [2.75, 3.05) is 0 Å². The fourth-order valence-corrected chi connectivity index (χ4v) is 6.28. The monoisotopic (exact) mass is 486 g/mol. The Morgan fingerprint density at radius 2 is 1.13 bits per heavy atom. The number of benzene rings is 5. The van der Waals surface area contributed by atoms with Crippen LogP contribution in [0.15, 0.2) is 127 Å². The predicted molar refractivity (Wildman–Crippen MR) is 160 cm³/mol. The number of allylic oxidation sites excluding steroid dienone is 1. The molecule has 38 heavy (non-hydrogen) atoms. The summed E-state index contributed by atoms with van der Waals surface area (Å²) < 4.78 is 2.55. The van der Waals surface area contributed by atoms with Crippen molar-refractivity contribution in [3.63, 3.8) is 0 Å². The first-order valence-electron chi connectivity index (χ1n) is 13.3. The largest absolute Gasteiger partial charge is 0.355 e. The average Bonchev–Trinajstić information content (AvgIpc) is 3.52. The van der Waals surface area contributed by atoms with Gasteiger partial charge in [0.05, 0.1) is 6.04 Å². The Kier molecular flexibility index (Phi) is 4.68. The molecule has 1 aliphatic carbocycles. The summed E-state index contributed by atoms with van der Waals surface area (Å²) in [6.45, 7) is 0. The number of nitrogens with one attached hydrogen (secondary N) is 1. The minimum atomic E-state index is 0.242. The van der Waals surface area contributed by atoms with Crippen LogP contribution in [0.2, 0.25) is 0 Å². The highest BCUT2D eigenvalue weighted by atomic mass is 15.0. The van der Waals surface area contributed by atoms with Crippen LogP contribution in [0.25, 0.3) is 61.0 Å². The van der Waals surface area contributed by atoms with Crippen LogP contribution in [-0.4, -0.2) is 9.55 Å². The van der Waals surface area contributed by atoms with E-state index in [1.165, 1.54) is 66.2 Å². The molecule has 0 bridgehead atoms. The number of hydrogen-bond donors (Lipinski definition) is 1. The summed E-state index contributed by atoms with van der Waals surface area (Å²) in [4.78, 5) is 3.61. The van der Waals surface area contributed by atoms with Crippen molar-refractivity contribution in [2.45, 2.75) is 12.5 Å². The van der Waals surface area contributed by atoms with Crippen molar-refractivity contribution >= 4 is 38.8 Å². The molecule has 0 radical (unpaired) electrons. The van der Waals surface area contributed by atoms with E-state index in [9.17, 15) is 0 Å². The highest BCUT2D eigenvalue weighted by Crippen LogP contribution is 2.40. The molecule has 0 saturated heterocycles. The summed E-state index contributed by atoms with van der Waals surface area (Å²) in [6.07, 6.45) is 5.61. The zero-order valence-corrected chi connectivity index (χ0v) is 20.9. The van der Waals surface area contributed by atoms with Gasteiger partial charge in [0.1, 0.15) is 0 Å². The van der Waals surface area contributed by atoms with E-state index in [1.54, 1.807) is 0 Å². The van der Waals surface area contributed by atoms with Crippen LogP contribution in [0.4, 0.5) is 0 Å². The number of aromatic amines is 1. The Labute approximate surface area is 221 Å². The van der Waals surface area contributed by atoms with Crippen LogP contribution in [0.1, 0.15) is 17.3 Å². The molecule has 2 heterocycles. The molecule has 5 aromatic carbocycles. The first kappa shape index (κ1) is 21.3. The third kappa shape index (κ3) is 3.27. The van der Waals surface area contributed by atoms with Crippen LogP contribution < -0.4 is 0 Å². The molecule has 2 heteroatoms. The molecule has 1 atom stereocenters. The van der Waals surface area contributed by atoms with Crippen LogP contribution >= 0.6 is 0 Å². The van der Waals surface area contributed by atoms with E-state index in [0.717, 1.165) is 6.42 Å². The summed E-state index contributed by atoms with van der Waals surface area (Å²) in [5, 5.41) is 3.94. The molecule has 2 nitrogen and oxygen atoms in total. The molecule has 0 aliphatic heterocycles. The highest BCUT2D eigenvalue weighted by Gasteiger charge is 2.23. The molecular weight excluding hydrogens is 460 g/mol. The standard InChI is InChI=1S/C36H26N2/c1-3-9-24(10-4-1)26-15-19-35-31(21-26)32-22-27(25-11-5-2-6-12-25)16-20-36(32)38(35)28-17-18-34-30(23-28)29-13-7-8-14-33(29)37-34/h1-22,28,37H,23H2. The number of para-hydroxylation sites is 1. The smallest absolute Gasteiger partial charge is 0.0567 e. The molecule has 0 spiro atoms. The summed E-state index contributed by atoms with van der Waals surface area (Å²) in [5.74, 6) is 0. The van der Waals surface area contributed by atoms with E-state index in [0.29, 0.717) is 0 Å². The second-order valence-corrected chi connectivity index (χ2v) is 10.3. The lowest BCUT2D eigenvalue weighted by molar-refractivity contribution is 0.637. The second-order valence-electron chi connectivity index (χ2n) is 10.3. The first-order chi connectivity index (χ1) is 18.8. The molecular formula is C36H26N2. The molecule has 0 saturated carbocycles. The third-order valence-corrected chi connectivity index (χ3v) is 8.09. The lowest BCUT2D eigenvalue weighted by atomic mass is 9.96. The lowest BCUT2D eigenvalue weighted by Crippen LogP contribution is -2.12. The number of aromatic nitrogens is 2. The van der Waals surface area contributed by atoms with Gasteiger partial charge in [0.15, 0.2) is 0 Å². The lowest BCUT2D eigenvalue weighted by Gasteiger charge is -2.22. The number of fused-ring (bicyclic) bond motifs is 6. The Hall–Kier alpha value is -4.82. The van der Waals surface area contributed by atoms with E-state index in [1.807, 2.05) is 0 Å². The van der Waals surface area contributed by atoms with E-state index in [2.05, 4.69) is 143 Å². The van der Waals surface area contributed by atoms with Crippen molar-refractivity contribution in [3.05, 3.63) is 139 Å². The Bertz CT molecular complexity index is 1890. The van der Waals surface area contributed by atoms with Gasteiger partial charge in [-0.2, -0.15) is 0 Å². The fourth-order valence-electron chi connectivity index (χ4n) is 6.28. The van der Waals surface area contributed by atoms with Gasteiger partial charge in [-0.15, -0.1) is 0 Å². The summed E-state index contributed by atoms with van der Waals surface area (Å²) >= 11 is 0. The van der Waals surface area contributed by atoms with Gasteiger partial charge in [0.2, 0.25) is 0 Å². The van der Waals surface area contributed by atoms with Crippen LogP contribution in [-0.2, 0) is 6.42 Å². The van der Waals surface area contributed by atoms with Gasteiger partial charge >= 0.3 is 0 Å². The van der Waals surface area contributed by atoms with E-state index < -0.39 is 0 Å². The van der Waals surface area contributed by atoms with Crippen LogP contribution in [0.5, 0.6) is 0 Å². The maximum absolute atomic E-state index is 3.61. The molecule has 8 rings (SSSR count). The SMILES string of the molecule is C1=CC(n2c3ccc(-c4ccccc4)cc3c3cc(-c4ccccc4)ccc32)Cc2c1[nH]c1ccccc21. The molecule has 1 aliphatic rings. The second kappa shape index (κ2) is 8.36. The van der Waals surface area contributed by atoms with Gasteiger partial charge in [0, 0.05) is 38.4 Å². The maximum Gasteiger partial charge on any atom is 0.0567 e. The van der Waals surface area contributed by atoms with E-state index >= 15 is 0 Å². The van der Waals surface area contributed by atoms with Gasteiger partial charge < -0.3 is 9.55 Å². The first-order valence-corrected chi connectivity index (χ1v) is 13.3. The number of rotatable bonds is 3.